The first-order valence-electron chi connectivity index (χ1n) is 6.27. The second kappa shape index (κ2) is 5.55. The molecule has 2 atom stereocenters. The molecule has 0 bridgehead atoms. The number of rotatable bonds is 5. The number of tetrazole rings is 1. The van der Waals surface area contributed by atoms with Gasteiger partial charge in [-0.2, -0.15) is 0 Å². The zero-order valence-electron chi connectivity index (χ0n) is 10.8. The van der Waals surface area contributed by atoms with Crippen LogP contribution in [0.25, 0.3) is 0 Å². The molecule has 1 saturated heterocycles. The van der Waals surface area contributed by atoms with Gasteiger partial charge in [0.2, 0.25) is 0 Å². The van der Waals surface area contributed by atoms with Gasteiger partial charge in [-0.25, -0.2) is 4.68 Å². The molecular formula is C11H21N5O. The Bertz CT molecular complexity index is 345. The molecule has 0 aromatic carbocycles. The maximum atomic E-state index is 5.38. The number of hydrogen-bond donors (Lipinski definition) is 1. The van der Waals surface area contributed by atoms with Crippen LogP contribution < -0.4 is 5.32 Å². The molecule has 0 spiro atoms. The fourth-order valence-corrected chi connectivity index (χ4v) is 1.96. The van der Waals surface area contributed by atoms with Crippen LogP contribution in [-0.4, -0.2) is 40.0 Å². The summed E-state index contributed by atoms with van der Waals surface area (Å²) in [6.45, 7) is 8.96. The molecular weight excluding hydrogens is 218 g/mol. The van der Waals surface area contributed by atoms with E-state index in [1.54, 1.807) is 0 Å². The average Bonchev–Trinajstić information content (AvgIpc) is 2.94. The van der Waals surface area contributed by atoms with E-state index in [-0.39, 0.29) is 6.04 Å². The van der Waals surface area contributed by atoms with Crippen molar-refractivity contribution in [2.75, 3.05) is 19.8 Å². The van der Waals surface area contributed by atoms with E-state index in [1.165, 1.54) is 0 Å². The largest absolute Gasteiger partial charge is 0.379 e. The first-order valence-corrected chi connectivity index (χ1v) is 6.27. The summed E-state index contributed by atoms with van der Waals surface area (Å²) >= 11 is 0. The highest BCUT2D eigenvalue weighted by molar-refractivity contribution is 4.93. The number of nitrogens with zero attached hydrogens (tertiary/aromatic N) is 4. The minimum Gasteiger partial charge on any atom is -0.379 e. The molecule has 2 rings (SSSR count). The standard InChI is InChI=1S/C11H21N5O/c1-8(2)6-12-9(3)11-13-14-15-16(11)10-4-5-17-7-10/h8-10,12H,4-7H2,1-3H3. The van der Waals surface area contributed by atoms with Gasteiger partial charge in [-0.3, -0.25) is 0 Å². The van der Waals surface area contributed by atoms with Crippen molar-refractivity contribution in [1.82, 2.24) is 25.5 Å². The molecule has 0 radical (unpaired) electrons. The van der Waals surface area contributed by atoms with Gasteiger partial charge in [0.1, 0.15) is 0 Å². The molecule has 1 aliphatic rings. The highest BCUT2D eigenvalue weighted by Crippen LogP contribution is 2.21. The molecule has 96 valence electrons. The third-order valence-corrected chi connectivity index (χ3v) is 2.99. The van der Waals surface area contributed by atoms with Gasteiger partial charge >= 0.3 is 0 Å². The van der Waals surface area contributed by atoms with Gasteiger partial charge in [-0.15, -0.1) is 5.10 Å². The Balaban J connectivity index is 2.02. The summed E-state index contributed by atoms with van der Waals surface area (Å²) in [7, 11) is 0. The van der Waals surface area contributed by atoms with Gasteiger partial charge in [0, 0.05) is 6.61 Å². The van der Waals surface area contributed by atoms with Gasteiger partial charge in [0.15, 0.2) is 5.82 Å². The second-order valence-electron chi connectivity index (χ2n) is 5.02. The molecule has 0 saturated carbocycles. The molecule has 1 N–H and O–H groups in total. The molecule has 1 fully saturated rings. The zero-order chi connectivity index (χ0) is 12.3. The third-order valence-electron chi connectivity index (χ3n) is 2.99. The van der Waals surface area contributed by atoms with Crippen molar-refractivity contribution in [3.8, 4) is 0 Å². The monoisotopic (exact) mass is 239 g/mol. The summed E-state index contributed by atoms with van der Waals surface area (Å²) in [6.07, 6.45) is 0.995. The van der Waals surface area contributed by atoms with Crippen LogP contribution in [-0.2, 0) is 4.74 Å². The first-order chi connectivity index (χ1) is 8.18. The molecule has 1 aromatic rings. The Morgan fingerprint density at radius 2 is 2.29 bits per heavy atom. The molecule has 2 unspecified atom stereocenters. The number of nitrogens with one attached hydrogen (secondary N) is 1. The Morgan fingerprint density at radius 1 is 1.47 bits per heavy atom. The normalized spacial score (nSPS) is 22.2. The van der Waals surface area contributed by atoms with Crippen molar-refractivity contribution >= 4 is 0 Å². The first kappa shape index (κ1) is 12.4. The minimum absolute atomic E-state index is 0.174. The lowest BCUT2D eigenvalue weighted by Crippen LogP contribution is -2.27. The summed E-state index contributed by atoms with van der Waals surface area (Å²) in [5, 5.41) is 15.4. The van der Waals surface area contributed by atoms with Crippen LogP contribution in [0.1, 0.15) is 45.1 Å². The van der Waals surface area contributed by atoms with Crippen LogP contribution in [0, 0.1) is 5.92 Å². The topological polar surface area (TPSA) is 64.9 Å². The number of ether oxygens (including phenoxy) is 1. The Labute approximate surface area is 102 Å². The third kappa shape index (κ3) is 3.01. The summed E-state index contributed by atoms with van der Waals surface area (Å²) in [5.41, 5.74) is 0. The minimum atomic E-state index is 0.174. The summed E-state index contributed by atoms with van der Waals surface area (Å²) < 4.78 is 7.28. The predicted octanol–water partition coefficient (Wildman–Crippen LogP) is 0.941. The van der Waals surface area contributed by atoms with E-state index in [2.05, 4.69) is 41.6 Å². The van der Waals surface area contributed by atoms with Crippen molar-refractivity contribution in [2.24, 2.45) is 5.92 Å². The molecule has 1 aliphatic heterocycles. The summed E-state index contributed by atoms with van der Waals surface area (Å²) in [4.78, 5) is 0. The fraction of sp³-hybridized carbons (Fsp3) is 0.909. The SMILES string of the molecule is CC(C)CNC(C)c1nnnn1C1CCOC1. The average molecular weight is 239 g/mol. The van der Waals surface area contributed by atoms with Crippen LogP contribution in [0.4, 0.5) is 0 Å². The van der Waals surface area contributed by atoms with Crippen molar-refractivity contribution in [3.63, 3.8) is 0 Å². The molecule has 1 aromatic heterocycles. The van der Waals surface area contributed by atoms with Crippen molar-refractivity contribution in [1.29, 1.82) is 0 Å². The van der Waals surface area contributed by atoms with Gasteiger partial charge in [0.05, 0.1) is 18.7 Å². The molecule has 0 amide bonds. The van der Waals surface area contributed by atoms with Crippen molar-refractivity contribution < 1.29 is 4.74 Å². The number of aromatic nitrogens is 4. The molecule has 6 heteroatoms. The highest BCUT2D eigenvalue weighted by Gasteiger charge is 2.24. The summed E-state index contributed by atoms with van der Waals surface area (Å²) in [5.74, 6) is 1.53. The van der Waals surface area contributed by atoms with Crippen LogP contribution in [0.15, 0.2) is 0 Å². The van der Waals surface area contributed by atoms with Crippen LogP contribution in [0.5, 0.6) is 0 Å². The Kier molecular flexibility index (Phi) is 4.06. The van der Waals surface area contributed by atoms with Gasteiger partial charge < -0.3 is 10.1 Å². The maximum absolute atomic E-state index is 5.38. The van der Waals surface area contributed by atoms with Crippen molar-refractivity contribution in [2.45, 2.75) is 39.3 Å². The van der Waals surface area contributed by atoms with E-state index in [1.807, 2.05) is 4.68 Å². The maximum Gasteiger partial charge on any atom is 0.168 e. The van der Waals surface area contributed by atoms with Gasteiger partial charge in [-0.05, 0) is 36.2 Å². The lowest BCUT2D eigenvalue weighted by Gasteiger charge is -2.17. The van der Waals surface area contributed by atoms with E-state index in [0.29, 0.717) is 12.0 Å². The lowest BCUT2D eigenvalue weighted by molar-refractivity contribution is 0.183. The van der Waals surface area contributed by atoms with E-state index in [4.69, 9.17) is 4.74 Å². The van der Waals surface area contributed by atoms with Gasteiger partial charge in [0.25, 0.3) is 0 Å². The molecule has 17 heavy (non-hydrogen) atoms. The summed E-state index contributed by atoms with van der Waals surface area (Å²) in [6, 6.07) is 0.469. The van der Waals surface area contributed by atoms with E-state index >= 15 is 0 Å². The number of hydrogen-bond acceptors (Lipinski definition) is 5. The molecule has 0 aliphatic carbocycles. The molecule has 2 heterocycles. The van der Waals surface area contributed by atoms with E-state index in [9.17, 15) is 0 Å². The van der Waals surface area contributed by atoms with Crippen LogP contribution >= 0.6 is 0 Å². The Hall–Kier alpha value is -1.01. The van der Waals surface area contributed by atoms with Crippen molar-refractivity contribution in [3.05, 3.63) is 5.82 Å². The molecule has 6 nitrogen and oxygen atoms in total. The predicted molar refractivity (Wildman–Crippen MR) is 63.5 cm³/mol. The highest BCUT2D eigenvalue weighted by atomic mass is 16.5. The zero-order valence-corrected chi connectivity index (χ0v) is 10.8. The second-order valence-corrected chi connectivity index (χ2v) is 5.02. The van der Waals surface area contributed by atoms with Crippen LogP contribution in [0.2, 0.25) is 0 Å². The fourth-order valence-electron chi connectivity index (χ4n) is 1.96. The van der Waals surface area contributed by atoms with E-state index in [0.717, 1.165) is 32.0 Å². The van der Waals surface area contributed by atoms with Gasteiger partial charge in [-0.1, -0.05) is 13.8 Å². The van der Waals surface area contributed by atoms with Crippen LogP contribution in [0.3, 0.4) is 0 Å². The lowest BCUT2D eigenvalue weighted by atomic mass is 10.2. The quantitative estimate of drug-likeness (QED) is 0.828. The smallest absolute Gasteiger partial charge is 0.168 e. The Morgan fingerprint density at radius 3 is 2.94 bits per heavy atom. The van der Waals surface area contributed by atoms with E-state index < -0.39 is 0 Å².